The van der Waals surface area contributed by atoms with E-state index in [1.54, 1.807) is 25.4 Å². The number of thiazole rings is 1. The fraction of sp³-hybridized carbons (Fsp3) is 0.533. The van der Waals surface area contributed by atoms with Crippen molar-refractivity contribution < 1.29 is 32.2 Å². The molecule has 1 aromatic carbocycles. The van der Waals surface area contributed by atoms with E-state index in [0.29, 0.717) is 17.9 Å². The van der Waals surface area contributed by atoms with Gasteiger partial charge >= 0.3 is 12.1 Å². The number of rotatable bonds is 11. The molecule has 0 radical (unpaired) electrons. The van der Waals surface area contributed by atoms with Gasteiger partial charge in [0, 0.05) is 12.7 Å². The number of aromatic nitrogens is 2. The van der Waals surface area contributed by atoms with Crippen molar-refractivity contribution in [3.8, 4) is 5.75 Å². The van der Waals surface area contributed by atoms with Crippen molar-refractivity contribution in [3.05, 3.63) is 52.6 Å². The number of fused-ring (bicyclic) bond motifs is 1. The quantitative estimate of drug-likeness (QED) is 0.258. The van der Waals surface area contributed by atoms with E-state index in [4.69, 9.17) is 15.2 Å². The number of unbranched alkanes of at least 4 members (excludes halogenated alkanes) is 1. The van der Waals surface area contributed by atoms with Crippen LogP contribution in [0.1, 0.15) is 81.1 Å². The minimum atomic E-state index is -4.67. The fourth-order valence-electron chi connectivity index (χ4n) is 5.25. The summed E-state index contributed by atoms with van der Waals surface area (Å²) in [5.41, 5.74) is 5.20. The molecule has 12 heteroatoms. The van der Waals surface area contributed by atoms with E-state index >= 15 is 0 Å². The summed E-state index contributed by atoms with van der Waals surface area (Å²) in [4.78, 5) is 34.8. The van der Waals surface area contributed by atoms with Crippen molar-refractivity contribution in [2.75, 3.05) is 13.2 Å². The van der Waals surface area contributed by atoms with Gasteiger partial charge in [0.05, 0.1) is 34.0 Å². The fourth-order valence-corrected chi connectivity index (χ4v) is 6.27. The molecular formula is C30H37F3N4O4S. The molecule has 0 unspecified atom stereocenters. The van der Waals surface area contributed by atoms with E-state index in [1.807, 2.05) is 11.5 Å². The number of hydrogen-bond donors (Lipinski definition) is 1. The minimum Gasteiger partial charge on any atom is -0.489 e. The number of nitrogens with zero attached hydrogens (tertiary/aromatic N) is 3. The van der Waals surface area contributed by atoms with Crippen LogP contribution in [0.5, 0.6) is 5.75 Å². The first-order chi connectivity index (χ1) is 20.0. The number of benzene rings is 1. The Morgan fingerprint density at radius 3 is 2.67 bits per heavy atom. The Hall–Kier alpha value is -3.25. The highest BCUT2D eigenvalue weighted by Crippen LogP contribution is 2.39. The molecule has 0 saturated heterocycles. The Morgan fingerprint density at radius 1 is 1.21 bits per heavy atom. The zero-order chi connectivity index (χ0) is 30.3. The molecule has 0 bridgehead atoms. The minimum absolute atomic E-state index is 0.0757. The zero-order valence-electron chi connectivity index (χ0n) is 23.9. The number of ether oxygens (including phenoxy) is 2. The topological polar surface area (TPSA) is 109 Å². The molecule has 1 amide bonds. The lowest BCUT2D eigenvalue weighted by atomic mass is 9.72. The number of carbonyl (C=O) groups excluding carboxylic acids is 2. The maximum Gasteiger partial charge on any atom is 0.416 e. The number of aryl methyl sites for hydroxylation is 1. The van der Waals surface area contributed by atoms with E-state index in [-0.39, 0.29) is 29.8 Å². The van der Waals surface area contributed by atoms with Gasteiger partial charge in [-0.1, -0.05) is 43.9 Å². The highest BCUT2D eigenvalue weighted by molar-refractivity contribution is 7.16. The molecule has 228 valence electrons. The van der Waals surface area contributed by atoms with Crippen molar-refractivity contribution in [3.63, 3.8) is 0 Å². The van der Waals surface area contributed by atoms with E-state index < -0.39 is 29.7 Å². The van der Waals surface area contributed by atoms with Crippen molar-refractivity contribution in [2.45, 2.75) is 84.0 Å². The van der Waals surface area contributed by atoms with E-state index in [2.05, 4.69) is 9.98 Å². The molecule has 2 heterocycles. The van der Waals surface area contributed by atoms with Gasteiger partial charge in [-0.3, -0.25) is 14.6 Å². The molecular weight excluding hydrogens is 569 g/mol. The first-order valence-electron chi connectivity index (χ1n) is 14.3. The lowest BCUT2D eigenvalue weighted by Crippen LogP contribution is -2.36. The predicted molar refractivity (Wildman–Crippen MR) is 154 cm³/mol. The molecule has 1 aliphatic rings. The van der Waals surface area contributed by atoms with Crippen molar-refractivity contribution >= 4 is 33.4 Å². The van der Waals surface area contributed by atoms with Crippen LogP contribution >= 0.6 is 11.3 Å². The molecule has 42 heavy (non-hydrogen) atoms. The number of halogens is 3. The summed E-state index contributed by atoms with van der Waals surface area (Å²) in [7, 11) is 0. The molecule has 8 nitrogen and oxygen atoms in total. The Morgan fingerprint density at radius 2 is 1.98 bits per heavy atom. The second-order valence-corrected chi connectivity index (χ2v) is 11.9. The molecule has 1 fully saturated rings. The number of esters is 1. The molecule has 0 aliphatic heterocycles. The van der Waals surface area contributed by atoms with Gasteiger partial charge in [0.1, 0.15) is 18.5 Å². The summed E-state index contributed by atoms with van der Waals surface area (Å²) in [5.74, 6) is -1.34. The molecule has 3 aromatic rings. The highest BCUT2D eigenvalue weighted by atomic mass is 32.1. The summed E-state index contributed by atoms with van der Waals surface area (Å²) >= 11 is 1.26. The van der Waals surface area contributed by atoms with E-state index in [1.165, 1.54) is 11.3 Å². The van der Waals surface area contributed by atoms with Gasteiger partial charge in [0.25, 0.3) is 5.91 Å². The van der Waals surface area contributed by atoms with E-state index in [0.717, 1.165) is 73.4 Å². The van der Waals surface area contributed by atoms with Crippen LogP contribution in [0.4, 0.5) is 13.2 Å². The molecule has 2 aromatic heterocycles. The average molecular weight is 607 g/mol. The maximum atomic E-state index is 13.6. The van der Waals surface area contributed by atoms with E-state index in [9.17, 15) is 22.8 Å². The molecule has 1 aliphatic carbocycles. The Labute approximate surface area is 246 Å². The first-order valence-corrected chi connectivity index (χ1v) is 15.1. The largest absolute Gasteiger partial charge is 0.489 e. The standard InChI is InChI=1S/C30H37F3N4O4S/c1-3-4-14-37-23-17-35-13-10-25(23)42-28(37)36-27(39)22-15-21(30(31,32)33)8-9-24(22)40-18-20(2)41-26(38)16-29(19-34)11-6-5-7-12-29/h8-10,13,15,17,20H,3-7,11-12,14,16,18-19,34H2,1-2H3/t20-/m0/s1. The van der Waals surface area contributed by atoms with Gasteiger partial charge in [-0.05, 0) is 62.4 Å². The number of amides is 1. The van der Waals surface area contributed by atoms with Gasteiger partial charge in [-0.25, -0.2) is 0 Å². The summed E-state index contributed by atoms with van der Waals surface area (Å²) in [5, 5.41) is 0. The molecule has 0 spiro atoms. The molecule has 1 atom stereocenters. The highest BCUT2D eigenvalue weighted by Gasteiger charge is 2.34. The maximum absolute atomic E-state index is 13.6. The monoisotopic (exact) mass is 606 g/mol. The Kier molecular flexibility index (Phi) is 10.4. The molecule has 2 N–H and O–H groups in total. The number of carbonyl (C=O) groups is 2. The first kappa shape index (κ1) is 31.7. The van der Waals surface area contributed by atoms with Gasteiger partial charge in [-0.2, -0.15) is 18.2 Å². The Balaban J connectivity index is 1.55. The van der Waals surface area contributed by atoms with Crippen molar-refractivity contribution in [1.29, 1.82) is 0 Å². The summed E-state index contributed by atoms with van der Waals surface area (Å²) < 4.78 is 54.8. The third-order valence-corrected chi connectivity index (χ3v) is 8.69. The number of alkyl halides is 3. The lowest BCUT2D eigenvalue weighted by Gasteiger charge is -2.35. The summed E-state index contributed by atoms with van der Waals surface area (Å²) in [6.07, 6.45) is 4.79. The summed E-state index contributed by atoms with van der Waals surface area (Å²) in [6, 6.07) is 4.50. The second-order valence-electron chi connectivity index (χ2n) is 10.9. The third-order valence-electron chi connectivity index (χ3n) is 7.63. The van der Waals surface area contributed by atoms with Crippen LogP contribution in [0.25, 0.3) is 10.2 Å². The number of pyridine rings is 1. The van der Waals surface area contributed by atoms with Gasteiger partial charge in [-0.15, -0.1) is 0 Å². The smallest absolute Gasteiger partial charge is 0.416 e. The van der Waals surface area contributed by atoms with Crippen LogP contribution < -0.4 is 15.3 Å². The van der Waals surface area contributed by atoms with Crippen molar-refractivity contribution in [2.24, 2.45) is 16.1 Å². The normalized spacial score (nSPS) is 16.4. The summed E-state index contributed by atoms with van der Waals surface area (Å²) in [6.45, 7) is 4.49. The van der Waals surface area contributed by atoms with Crippen LogP contribution in [0, 0.1) is 5.41 Å². The lowest BCUT2D eigenvalue weighted by molar-refractivity contribution is -0.153. The van der Waals surface area contributed by atoms with Crippen LogP contribution in [0.3, 0.4) is 0 Å². The van der Waals surface area contributed by atoms with Crippen LogP contribution in [0.15, 0.2) is 41.7 Å². The predicted octanol–water partition coefficient (Wildman–Crippen LogP) is 6.27. The van der Waals surface area contributed by atoms with Crippen LogP contribution in [-0.4, -0.2) is 40.7 Å². The third kappa shape index (κ3) is 7.77. The SMILES string of the molecule is CCCCn1c(=NC(=O)c2cc(C(F)(F)F)ccc2OC[C@H](C)OC(=O)CC2(CN)CCCCC2)sc2ccncc21. The zero-order valence-corrected chi connectivity index (χ0v) is 24.7. The number of hydrogen-bond acceptors (Lipinski definition) is 7. The Bertz CT molecular complexity index is 1460. The second kappa shape index (κ2) is 13.8. The van der Waals surface area contributed by atoms with Crippen LogP contribution in [0.2, 0.25) is 0 Å². The molecule has 4 rings (SSSR count). The van der Waals surface area contributed by atoms with Gasteiger partial charge in [0.2, 0.25) is 0 Å². The van der Waals surface area contributed by atoms with Crippen molar-refractivity contribution in [1.82, 2.24) is 9.55 Å². The average Bonchev–Trinajstić information content (AvgIpc) is 3.31. The number of nitrogens with two attached hydrogens (primary N) is 1. The van der Waals surface area contributed by atoms with Gasteiger partial charge < -0.3 is 19.8 Å². The van der Waals surface area contributed by atoms with Crippen LogP contribution in [-0.2, 0) is 22.3 Å². The van der Waals surface area contributed by atoms with Gasteiger partial charge in [0.15, 0.2) is 4.80 Å². The molecule has 1 saturated carbocycles.